The molecule has 2 bridgehead atoms. The summed E-state index contributed by atoms with van der Waals surface area (Å²) in [4.78, 5) is 11.5. The topological polar surface area (TPSA) is 38.2 Å². The van der Waals surface area contributed by atoms with Crippen molar-refractivity contribution in [3.63, 3.8) is 0 Å². The summed E-state index contributed by atoms with van der Waals surface area (Å²) in [5, 5.41) is 0. The first-order valence-corrected chi connectivity index (χ1v) is 6.66. The summed E-state index contributed by atoms with van der Waals surface area (Å²) < 4.78 is 5.52. The molecule has 19 heavy (non-hydrogen) atoms. The summed E-state index contributed by atoms with van der Waals surface area (Å²) in [5.41, 5.74) is 1.81. The van der Waals surface area contributed by atoms with Crippen molar-refractivity contribution in [3.8, 4) is 0 Å². The molecule has 0 saturated carbocycles. The van der Waals surface area contributed by atoms with E-state index in [2.05, 4.69) is 21.8 Å². The van der Waals surface area contributed by atoms with Crippen LogP contribution < -0.4 is 4.90 Å². The number of nitrogens with zero attached hydrogens (tertiary/aromatic N) is 3. The monoisotopic (exact) mass is 335 g/mol. The Kier molecular flexibility index (Phi) is 4.86. The van der Waals surface area contributed by atoms with Gasteiger partial charge in [0, 0.05) is 51.9 Å². The molecule has 2 aliphatic heterocycles. The number of fused-ring (bicyclic) bond motifs is 2. The first-order chi connectivity index (χ1) is 8.67. The molecular weight excluding hydrogens is 315 g/mol. The van der Waals surface area contributed by atoms with Crippen molar-refractivity contribution in [3.05, 3.63) is 24.4 Å². The Morgan fingerprint density at radius 1 is 1.26 bits per heavy atom. The first-order valence-electron chi connectivity index (χ1n) is 6.66. The van der Waals surface area contributed by atoms with Crippen molar-refractivity contribution < 1.29 is 37.4 Å². The Bertz CT molecular complexity index is 420. The SMILES string of the molecule is [CH2-]c1cc(C)nc(N2[C@@H]3CC[C@H]2CC(OC)C3)n1.[Y]. The largest absolute Gasteiger partial charge is 0.381 e. The molecule has 3 atom stereocenters. The van der Waals surface area contributed by atoms with Crippen molar-refractivity contribution in [1.82, 2.24) is 9.97 Å². The second-order valence-electron chi connectivity index (χ2n) is 5.42. The van der Waals surface area contributed by atoms with Gasteiger partial charge in [-0.1, -0.05) is 5.69 Å². The van der Waals surface area contributed by atoms with Crippen molar-refractivity contribution in [2.45, 2.75) is 50.8 Å². The smallest absolute Gasteiger partial charge is 0.222 e. The maximum absolute atomic E-state index is 5.52. The van der Waals surface area contributed by atoms with Gasteiger partial charge in [-0.3, -0.25) is 4.98 Å². The van der Waals surface area contributed by atoms with E-state index in [0.29, 0.717) is 18.2 Å². The summed E-state index contributed by atoms with van der Waals surface area (Å²) in [5.74, 6) is 0.863. The van der Waals surface area contributed by atoms with E-state index in [1.807, 2.05) is 20.1 Å². The molecule has 2 fully saturated rings. The molecule has 2 saturated heterocycles. The van der Waals surface area contributed by atoms with Crippen LogP contribution in [0, 0.1) is 13.8 Å². The van der Waals surface area contributed by atoms with E-state index in [1.54, 1.807) is 0 Å². The van der Waals surface area contributed by atoms with Crippen LogP contribution in [0.1, 0.15) is 37.1 Å². The Morgan fingerprint density at radius 3 is 2.42 bits per heavy atom. The number of anilines is 1. The molecule has 1 radical (unpaired) electrons. The second kappa shape index (κ2) is 6.07. The molecule has 2 aliphatic rings. The van der Waals surface area contributed by atoms with Crippen LogP contribution in [0.25, 0.3) is 0 Å². The zero-order chi connectivity index (χ0) is 12.7. The number of methoxy groups -OCH3 is 1. The molecule has 3 heterocycles. The van der Waals surface area contributed by atoms with Gasteiger partial charge in [0.1, 0.15) is 0 Å². The van der Waals surface area contributed by atoms with E-state index in [0.717, 1.165) is 30.2 Å². The molecule has 0 aliphatic carbocycles. The van der Waals surface area contributed by atoms with Gasteiger partial charge in [-0.2, -0.15) is 6.07 Å². The molecule has 1 unspecified atom stereocenters. The molecule has 101 valence electrons. The maximum Gasteiger partial charge on any atom is 0.222 e. The number of ether oxygens (including phenoxy) is 1. The fourth-order valence-corrected chi connectivity index (χ4v) is 3.38. The molecule has 0 N–H and O–H groups in total. The Labute approximate surface area is 140 Å². The molecule has 5 heteroatoms. The molecule has 0 spiro atoms. The standard InChI is InChI=1S/C14H20N3O.Y/c1-9-6-10(2)16-14(15-9)17-11-4-5-12(17)8-13(7-11)18-3;/h6,11-13H,1,4-5,7-8H2,2-3H3;/q-1;/t11-,12+,13?;. The summed E-state index contributed by atoms with van der Waals surface area (Å²) >= 11 is 0. The summed E-state index contributed by atoms with van der Waals surface area (Å²) in [6.45, 7) is 5.94. The zero-order valence-corrected chi connectivity index (χ0v) is 14.5. The van der Waals surface area contributed by atoms with E-state index in [-0.39, 0.29) is 32.7 Å². The predicted molar refractivity (Wildman–Crippen MR) is 70.5 cm³/mol. The average molecular weight is 335 g/mol. The van der Waals surface area contributed by atoms with Crippen LogP contribution in [0.4, 0.5) is 5.95 Å². The third kappa shape index (κ3) is 2.96. The Balaban J connectivity index is 0.00000133. The quantitative estimate of drug-likeness (QED) is 0.776. The number of hydrogen-bond donors (Lipinski definition) is 0. The van der Waals surface area contributed by atoms with Gasteiger partial charge >= 0.3 is 0 Å². The van der Waals surface area contributed by atoms with Crippen LogP contribution in [0.2, 0.25) is 0 Å². The molecule has 1 aromatic rings. The minimum atomic E-state index is 0. The fraction of sp³-hybridized carbons (Fsp3) is 0.643. The average Bonchev–Trinajstić information content (AvgIpc) is 2.59. The van der Waals surface area contributed by atoms with Crippen LogP contribution in [-0.2, 0) is 37.4 Å². The molecule has 1 aromatic heterocycles. The Hall–Kier alpha value is -0.186. The summed E-state index contributed by atoms with van der Waals surface area (Å²) in [6.07, 6.45) is 5.05. The number of aryl methyl sites for hydroxylation is 1. The maximum atomic E-state index is 5.52. The summed E-state index contributed by atoms with van der Waals surface area (Å²) in [7, 11) is 1.82. The number of piperidine rings is 1. The van der Waals surface area contributed by atoms with Gasteiger partial charge in [0.2, 0.25) is 5.95 Å². The fourth-order valence-electron chi connectivity index (χ4n) is 3.38. The van der Waals surface area contributed by atoms with Crippen molar-refractivity contribution in [2.24, 2.45) is 0 Å². The van der Waals surface area contributed by atoms with Gasteiger partial charge < -0.3 is 9.64 Å². The molecule has 3 rings (SSSR count). The number of aromatic nitrogens is 2. The third-order valence-corrected chi connectivity index (χ3v) is 4.15. The third-order valence-electron chi connectivity index (χ3n) is 4.15. The van der Waals surface area contributed by atoms with Gasteiger partial charge in [0.15, 0.2) is 0 Å². The van der Waals surface area contributed by atoms with Crippen molar-refractivity contribution in [2.75, 3.05) is 12.0 Å². The summed E-state index contributed by atoms with van der Waals surface area (Å²) in [6, 6.07) is 3.00. The van der Waals surface area contributed by atoms with Gasteiger partial charge in [-0.25, -0.2) is 11.9 Å². The van der Waals surface area contributed by atoms with Crippen LogP contribution in [0.5, 0.6) is 0 Å². The molecular formula is C14H20N3OY-. The van der Waals surface area contributed by atoms with Crippen LogP contribution >= 0.6 is 0 Å². The normalized spacial score (nSPS) is 29.2. The van der Waals surface area contributed by atoms with E-state index in [4.69, 9.17) is 4.74 Å². The number of rotatable bonds is 2. The van der Waals surface area contributed by atoms with Crippen LogP contribution in [0.3, 0.4) is 0 Å². The Morgan fingerprint density at radius 2 is 1.89 bits per heavy atom. The zero-order valence-electron chi connectivity index (χ0n) is 11.7. The molecule has 4 nitrogen and oxygen atoms in total. The molecule has 0 aromatic carbocycles. The van der Waals surface area contributed by atoms with E-state index in [1.165, 1.54) is 12.8 Å². The molecule has 0 amide bonds. The van der Waals surface area contributed by atoms with Gasteiger partial charge in [-0.05, 0) is 38.3 Å². The van der Waals surface area contributed by atoms with Crippen molar-refractivity contribution >= 4 is 5.95 Å². The second-order valence-corrected chi connectivity index (χ2v) is 5.42. The predicted octanol–water partition coefficient (Wildman–Crippen LogP) is 2.11. The minimum absolute atomic E-state index is 0. The number of hydrogen-bond acceptors (Lipinski definition) is 4. The van der Waals surface area contributed by atoms with Crippen molar-refractivity contribution in [1.29, 1.82) is 0 Å². The minimum Gasteiger partial charge on any atom is -0.381 e. The van der Waals surface area contributed by atoms with Gasteiger partial charge in [-0.15, -0.1) is 0 Å². The van der Waals surface area contributed by atoms with Crippen LogP contribution in [-0.4, -0.2) is 35.3 Å². The van der Waals surface area contributed by atoms with E-state index in [9.17, 15) is 0 Å². The van der Waals surface area contributed by atoms with Gasteiger partial charge in [0.25, 0.3) is 0 Å². The van der Waals surface area contributed by atoms with Crippen LogP contribution in [0.15, 0.2) is 6.07 Å². The van der Waals surface area contributed by atoms with E-state index >= 15 is 0 Å². The van der Waals surface area contributed by atoms with E-state index < -0.39 is 0 Å². The first kappa shape index (κ1) is 15.2. The van der Waals surface area contributed by atoms with Gasteiger partial charge in [0.05, 0.1) is 6.10 Å².